The number of aromatic nitrogens is 1. The Kier molecular flexibility index (Phi) is 4.86. The molecule has 0 fully saturated rings. The lowest BCUT2D eigenvalue weighted by Gasteiger charge is -2.31. The molecule has 0 saturated carbocycles. The van der Waals surface area contributed by atoms with E-state index in [1.54, 1.807) is 0 Å². The SMILES string of the molecule is C[n+]1ccc(-c2cc3cc4c(cc3oc2=O)N(CCCC(=O)O)CCC4)cc1. The molecule has 28 heavy (non-hydrogen) atoms. The minimum atomic E-state index is -0.774. The van der Waals surface area contributed by atoms with Crippen LogP contribution in [0.15, 0.2) is 51.9 Å². The van der Waals surface area contributed by atoms with E-state index < -0.39 is 5.97 Å². The van der Waals surface area contributed by atoms with Crippen molar-refractivity contribution < 1.29 is 18.9 Å². The quantitative estimate of drug-likeness (QED) is 0.545. The van der Waals surface area contributed by atoms with Crippen LogP contribution in [-0.4, -0.2) is 24.2 Å². The van der Waals surface area contributed by atoms with Gasteiger partial charge in [0, 0.05) is 54.3 Å². The first-order valence-corrected chi connectivity index (χ1v) is 9.54. The minimum Gasteiger partial charge on any atom is -0.481 e. The van der Waals surface area contributed by atoms with E-state index in [9.17, 15) is 9.59 Å². The highest BCUT2D eigenvalue weighted by Crippen LogP contribution is 2.32. The molecule has 0 spiro atoms. The van der Waals surface area contributed by atoms with Crippen LogP contribution in [0, 0.1) is 0 Å². The zero-order valence-corrected chi connectivity index (χ0v) is 15.9. The van der Waals surface area contributed by atoms with Gasteiger partial charge in [-0.2, -0.15) is 0 Å². The first-order valence-electron chi connectivity index (χ1n) is 9.54. The van der Waals surface area contributed by atoms with Crippen molar-refractivity contribution in [1.82, 2.24) is 0 Å². The van der Waals surface area contributed by atoms with E-state index in [4.69, 9.17) is 9.52 Å². The Balaban J connectivity index is 1.71. The fourth-order valence-corrected chi connectivity index (χ4v) is 3.81. The molecule has 2 aromatic heterocycles. The van der Waals surface area contributed by atoms with Gasteiger partial charge in [0.05, 0.1) is 5.56 Å². The summed E-state index contributed by atoms with van der Waals surface area (Å²) < 4.78 is 7.57. The van der Waals surface area contributed by atoms with Gasteiger partial charge in [-0.1, -0.05) is 0 Å². The highest BCUT2D eigenvalue weighted by Gasteiger charge is 2.19. The fraction of sp³-hybridized carbons (Fsp3) is 0.318. The van der Waals surface area contributed by atoms with E-state index in [-0.39, 0.29) is 12.0 Å². The molecule has 3 heterocycles. The number of pyridine rings is 1. The number of carbonyl (C=O) groups is 1. The van der Waals surface area contributed by atoms with Gasteiger partial charge in [-0.15, -0.1) is 0 Å². The lowest BCUT2D eigenvalue weighted by molar-refractivity contribution is -0.671. The molecule has 1 aliphatic rings. The molecule has 0 atom stereocenters. The summed E-state index contributed by atoms with van der Waals surface area (Å²) in [6, 6.07) is 9.74. The molecule has 1 aliphatic heterocycles. The maximum absolute atomic E-state index is 12.6. The summed E-state index contributed by atoms with van der Waals surface area (Å²) in [6.45, 7) is 1.58. The monoisotopic (exact) mass is 379 g/mol. The molecule has 4 rings (SSSR count). The first-order chi connectivity index (χ1) is 13.5. The average molecular weight is 379 g/mol. The van der Waals surface area contributed by atoms with Crippen LogP contribution in [0.1, 0.15) is 24.8 Å². The number of rotatable bonds is 5. The Labute approximate surface area is 162 Å². The third-order valence-electron chi connectivity index (χ3n) is 5.26. The second-order valence-electron chi connectivity index (χ2n) is 7.31. The van der Waals surface area contributed by atoms with Crippen molar-refractivity contribution in [2.75, 3.05) is 18.0 Å². The third kappa shape index (κ3) is 3.63. The van der Waals surface area contributed by atoms with Crippen LogP contribution in [0.25, 0.3) is 22.1 Å². The zero-order chi connectivity index (χ0) is 19.7. The van der Waals surface area contributed by atoms with Crippen molar-refractivity contribution in [3.63, 3.8) is 0 Å². The number of aliphatic carboxylic acids is 1. The van der Waals surface area contributed by atoms with Crippen molar-refractivity contribution in [2.45, 2.75) is 25.7 Å². The second kappa shape index (κ2) is 7.46. The van der Waals surface area contributed by atoms with E-state index in [2.05, 4.69) is 11.0 Å². The van der Waals surface area contributed by atoms with E-state index in [0.29, 0.717) is 24.1 Å². The summed E-state index contributed by atoms with van der Waals surface area (Å²) in [6.07, 6.45) is 6.57. The van der Waals surface area contributed by atoms with Crippen LogP contribution in [0.2, 0.25) is 0 Å². The number of anilines is 1. The molecule has 3 aromatic rings. The molecular formula is C22H23N2O4+. The summed E-state index contributed by atoms with van der Waals surface area (Å²) in [4.78, 5) is 25.6. The van der Waals surface area contributed by atoms with Crippen LogP contribution in [0.3, 0.4) is 0 Å². The molecular weight excluding hydrogens is 356 g/mol. The summed E-state index contributed by atoms with van der Waals surface area (Å²) in [7, 11) is 1.93. The highest BCUT2D eigenvalue weighted by molar-refractivity contribution is 5.86. The smallest absolute Gasteiger partial charge is 0.344 e. The first kappa shape index (κ1) is 18.2. The van der Waals surface area contributed by atoms with Gasteiger partial charge in [-0.05, 0) is 37.0 Å². The Morgan fingerprint density at radius 2 is 2.04 bits per heavy atom. The van der Waals surface area contributed by atoms with Gasteiger partial charge in [0.1, 0.15) is 12.6 Å². The molecule has 0 unspecified atom stereocenters. The Hall–Kier alpha value is -3.15. The van der Waals surface area contributed by atoms with Crippen LogP contribution >= 0.6 is 0 Å². The van der Waals surface area contributed by atoms with Crippen molar-refractivity contribution in [3.8, 4) is 11.1 Å². The number of fused-ring (bicyclic) bond motifs is 2. The highest BCUT2D eigenvalue weighted by atomic mass is 16.4. The second-order valence-corrected chi connectivity index (χ2v) is 7.31. The van der Waals surface area contributed by atoms with Gasteiger partial charge in [0.2, 0.25) is 0 Å². The van der Waals surface area contributed by atoms with Crippen LogP contribution in [0.4, 0.5) is 5.69 Å². The van der Waals surface area contributed by atoms with E-state index in [1.807, 2.05) is 48.3 Å². The van der Waals surface area contributed by atoms with Crippen LogP contribution in [0.5, 0.6) is 0 Å². The predicted octanol–water partition coefficient (Wildman–Crippen LogP) is 2.90. The lowest BCUT2D eigenvalue weighted by atomic mass is 9.98. The van der Waals surface area contributed by atoms with E-state index in [0.717, 1.165) is 36.0 Å². The van der Waals surface area contributed by atoms with E-state index in [1.165, 1.54) is 5.56 Å². The molecule has 0 amide bonds. The summed E-state index contributed by atoms with van der Waals surface area (Å²) in [5.41, 5.74) is 3.87. The number of nitrogens with zero attached hydrogens (tertiary/aromatic N) is 2. The summed E-state index contributed by atoms with van der Waals surface area (Å²) in [5.74, 6) is -0.774. The number of carboxylic acid groups (broad SMARTS) is 1. The summed E-state index contributed by atoms with van der Waals surface area (Å²) in [5, 5.41) is 9.79. The van der Waals surface area contributed by atoms with Gasteiger partial charge in [-0.3, -0.25) is 4.79 Å². The van der Waals surface area contributed by atoms with Gasteiger partial charge in [0.15, 0.2) is 12.4 Å². The predicted molar refractivity (Wildman–Crippen MR) is 106 cm³/mol. The number of aryl methyl sites for hydroxylation is 2. The largest absolute Gasteiger partial charge is 0.481 e. The van der Waals surface area contributed by atoms with Gasteiger partial charge < -0.3 is 14.4 Å². The topological polar surface area (TPSA) is 74.6 Å². The van der Waals surface area contributed by atoms with Crippen molar-refractivity contribution in [1.29, 1.82) is 0 Å². The van der Waals surface area contributed by atoms with Crippen LogP contribution in [-0.2, 0) is 18.3 Å². The zero-order valence-electron chi connectivity index (χ0n) is 15.9. The Bertz CT molecular complexity index is 1090. The maximum Gasteiger partial charge on any atom is 0.344 e. The molecule has 0 saturated heterocycles. The Morgan fingerprint density at radius 1 is 1.25 bits per heavy atom. The molecule has 0 bridgehead atoms. The number of hydrogen-bond donors (Lipinski definition) is 1. The third-order valence-corrected chi connectivity index (χ3v) is 5.26. The normalized spacial score (nSPS) is 13.5. The van der Waals surface area contributed by atoms with Crippen molar-refractivity contribution in [3.05, 3.63) is 58.7 Å². The van der Waals surface area contributed by atoms with E-state index >= 15 is 0 Å². The average Bonchev–Trinajstić information content (AvgIpc) is 2.67. The standard InChI is InChI=1S/C22H22N2O4/c1-23-10-6-15(7-11-23)18-13-17-12-16-4-2-8-24(9-3-5-21(25)26)19(16)14-20(17)28-22(18)27/h6-7,10-14H,2-5,8-9H2,1H3/p+1. The fourth-order valence-electron chi connectivity index (χ4n) is 3.81. The number of benzene rings is 1. The summed E-state index contributed by atoms with van der Waals surface area (Å²) >= 11 is 0. The van der Waals surface area contributed by atoms with Crippen molar-refractivity contribution in [2.24, 2.45) is 7.05 Å². The number of carboxylic acids is 1. The molecule has 6 nitrogen and oxygen atoms in total. The molecule has 0 aliphatic carbocycles. The lowest BCUT2D eigenvalue weighted by Crippen LogP contribution is -2.30. The number of hydrogen-bond acceptors (Lipinski definition) is 4. The molecule has 6 heteroatoms. The molecule has 1 aromatic carbocycles. The Morgan fingerprint density at radius 3 is 2.79 bits per heavy atom. The van der Waals surface area contributed by atoms with Crippen molar-refractivity contribution >= 4 is 22.6 Å². The maximum atomic E-state index is 12.6. The molecule has 144 valence electrons. The molecule has 1 N–H and O–H groups in total. The minimum absolute atomic E-state index is 0.159. The molecule has 0 radical (unpaired) electrons. The van der Waals surface area contributed by atoms with Gasteiger partial charge in [0.25, 0.3) is 0 Å². The van der Waals surface area contributed by atoms with Gasteiger partial charge in [-0.25, -0.2) is 9.36 Å². The van der Waals surface area contributed by atoms with Crippen LogP contribution < -0.4 is 15.1 Å². The van der Waals surface area contributed by atoms with Gasteiger partial charge >= 0.3 is 11.6 Å².